The molecular weight excluding hydrogens is 232 g/mol. The fourth-order valence-corrected chi connectivity index (χ4v) is 2.27. The summed E-state index contributed by atoms with van der Waals surface area (Å²) in [5, 5.41) is 7.95. The van der Waals surface area contributed by atoms with E-state index in [1.165, 1.54) is 16.0 Å². The molecule has 0 aliphatic rings. The van der Waals surface area contributed by atoms with Gasteiger partial charge in [0.2, 0.25) is 11.8 Å². The smallest absolute Gasteiger partial charge is 0.226 e. The minimum absolute atomic E-state index is 0.699. The Morgan fingerprint density at radius 1 is 1.12 bits per heavy atom. The van der Waals surface area contributed by atoms with Crippen LogP contribution >= 0.6 is 11.8 Å². The number of aryl methyl sites for hydroxylation is 3. The molecule has 0 aliphatic carbocycles. The van der Waals surface area contributed by atoms with E-state index in [9.17, 15) is 0 Å². The number of hydrogen-bond donors (Lipinski definition) is 0. The lowest BCUT2D eigenvalue weighted by Crippen LogP contribution is -1.83. The van der Waals surface area contributed by atoms with Crippen LogP contribution in [0.25, 0.3) is 0 Å². The number of nitrogens with zero attached hydrogens (tertiary/aromatic N) is 2. The van der Waals surface area contributed by atoms with E-state index >= 15 is 0 Å². The summed E-state index contributed by atoms with van der Waals surface area (Å²) in [4.78, 5) is 1.24. The Morgan fingerprint density at radius 3 is 2.53 bits per heavy atom. The quantitative estimate of drug-likeness (QED) is 0.776. The van der Waals surface area contributed by atoms with Crippen molar-refractivity contribution in [2.75, 3.05) is 0 Å². The van der Waals surface area contributed by atoms with Gasteiger partial charge in [0.05, 0.1) is 5.75 Å². The molecule has 1 heterocycles. The van der Waals surface area contributed by atoms with Crippen LogP contribution in [0.4, 0.5) is 0 Å². The maximum Gasteiger partial charge on any atom is 0.226 e. The first-order valence-corrected chi connectivity index (χ1v) is 6.69. The molecule has 0 aliphatic heterocycles. The standard InChI is InChI=1S/C13H16N2OS/c1-4-12-14-15-13(16-12)8-17-11-6-5-9(2)10(3)7-11/h5-7H,4,8H2,1-3H3. The number of benzene rings is 1. The number of hydrogen-bond acceptors (Lipinski definition) is 4. The lowest BCUT2D eigenvalue weighted by Gasteiger charge is -2.03. The molecule has 0 N–H and O–H groups in total. The predicted molar refractivity (Wildman–Crippen MR) is 69.2 cm³/mol. The van der Waals surface area contributed by atoms with Crippen molar-refractivity contribution in [1.29, 1.82) is 0 Å². The highest BCUT2D eigenvalue weighted by molar-refractivity contribution is 7.98. The van der Waals surface area contributed by atoms with Gasteiger partial charge in [0.25, 0.3) is 0 Å². The summed E-state index contributed by atoms with van der Waals surface area (Å²) in [5.41, 5.74) is 2.63. The second-order valence-corrected chi connectivity index (χ2v) is 5.03. The van der Waals surface area contributed by atoms with Crippen LogP contribution in [0.1, 0.15) is 29.8 Å². The number of thioether (sulfide) groups is 1. The number of rotatable bonds is 4. The molecule has 4 heteroatoms. The summed E-state index contributed by atoms with van der Waals surface area (Å²) in [5.74, 6) is 2.14. The van der Waals surface area contributed by atoms with Gasteiger partial charge in [-0.15, -0.1) is 22.0 Å². The molecule has 0 saturated carbocycles. The van der Waals surface area contributed by atoms with Gasteiger partial charge in [0.1, 0.15) is 0 Å². The average molecular weight is 248 g/mol. The number of aromatic nitrogens is 2. The predicted octanol–water partition coefficient (Wildman–Crippen LogP) is 3.54. The Balaban J connectivity index is 1.99. The van der Waals surface area contributed by atoms with Gasteiger partial charge >= 0.3 is 0 Å². The Labute approximate surface area is 106 Å². The van der Waals surface area contributed by atoms with E-state index in [0.29, 0.717) is 11.8 Å². The van der Waals surface area contributed by atoms with E-state index in [2.05, 4.69) is 42.2 Å². The molecule has 90 valence electrons. The summed E-state index contributed by atoms with van der Waals surface area (Å²) >= 11 is 1.72. The molecule has 1 aromatic carbocycles. The zero-order valence-electron chi connectivity index (χ0n) is 10.4. The third-order valence-electron chi connectivity index (χ3n) is 2.65. The highest BCUT2D eigenvalue weighted by atomic mass is 32.2. The van der Waals surface area contributed by atoms with Crippen molar-refractivity contribution in [1.82, 2.24) is 10.2 Å². The van der Waals surface area contributed by atoms with Gasteiger partial charge in [-0.05, 0) is 37.1 Å². The molecule has 2 rings (SSSR count). The van der Waals surface area contributed by atoms with Crippen molar-refractivity contribution in [3.63, 3.8) is 0 Å². The topological polar surface area (TPSA) is 38.9 Å². The maximum absolute atomic E-state index is 5.47. The van der Waals surface area contributed by atoms with Crippen LogP contribution in [0.5, 0.6) is 0 Å². The molecule has 0 amide bonds. The lowest BCUT2D eigenvalue weighted by atomic mass is 10.1. The van der Waals surface area contributed by atoms with E-state index in [1.807, 2.05) is 6.92 Å². The average Bonchev–Trinajstić information content (AvgIpc) is 2.79. The first kappa shape index (κ1) is 12.2. The van der Waals surface area contributed by atoms with Gasteiger partial charge in [-0.2, -0.15) is 0 Å². The van der Waals surface area contributed by atoms with Gasteiger partial charge in [-0.3, -0.25) is 0 Å². The van der Waals surface area contributed by atoms with Crippen LogP contribution in [0.3, 0.4) is 0 Å². The molecule has 0 fully saturated rings. The fourth-order valence-electron chi connectivity index (χ4n) is 1.44. The highest BCUT2D eigenvalue weighted by Gasteiger charge is 2.05. The molecule has 0 unspecified atom stereocenters. The molecule has 3 nitrogen and oxygen atoms in total. The monoisotopic (exact) mass is 248 g/mol. The minimum Gasteiger partial charge on any atom is -0.424 e. The molecule has 0 atom stereocenters. The zero-order chi connectivity index (χ0) is 12.3. The van der Waals surface area contributed by atoms with Gasteiger partial charge in [0, 0.05) is 11.3 Å². The summed E-state index contributed by atoms with van der Waals surface area (Å²) in [7, 11) is 0. The van der Waals surface area contributed by atoms with Gasteiger partial charge in [0.15, 0.2) is 0 Å². The summed E-state index contributed by atoms with van der Waals surface area (Å²) in [6, 6.07) is 6.46. The second kappa shape index (κ2) is 5.36. The highest BCUT2D eigenvalue weighted by Crippen LogP contribution is 2.24. The van der Waals surface area contributed by atoms with Crippen LogP contribution in [0.15, 0.2) is 27.5 Å². The minimum atomic E-state index is 0.699. The van der Waals surface area contributed by atoms with Gasteiger partial charge in [-0.25, -0.2) is 0 Å². The van der Waals surface area contributed by atoms with Gasteiger partial charge < -0.3 is 4.42 Å². The van der Waals surface area contributed by atoms with Crippen molar-refractivity contribution in [3.05, 3.63) is 41.1 Å². The molecule has 17 heavy (non-hydrogen) atoms. The van der Waals surface area contributed by atoms with Crippen molar-refractivity contribution >= 4 is 11.8 Å². The molecule has 2 aromatic rings. The largest absolute Gasteiger partial charge is 0.424 e. The van der Waals surface area contributed by atoms with Crippen LogP contribution in [0.2, 0.25) is 0 Å². The van der Waals surface area contributed by atoms with E-state index in [1.54, 1.807) is 11.8 Å². The SMILES string of the molecule is CCc1nnc(CSc2ccc(C)c(C)c2)o1. The van der Waals surface area contributed by atoms with Crippen molar-refractivity contribution in [2.24, 2.45) is 0 Å². The van der Waals surface area contributed by atoms with E-state index in [0.717, 1.165) is 12.2 Å². The Kier molecular flexibility index (Phi) is 3.84. The van der Waals surface area contributed by atoms with E-state index in [-0.39, 0.29) is 0 Å². The van der Waals surface area contributed by atoms with Crippen LogP contribution in [-0.4, -0.2) is 10.2 Å². The summed E-state index contributed by atoms with van der Waals surface area (Å²) in [6.07, 6.45) is 0.793. The summed E-state index contributed by atoms with van der Waals surface area (Å²) in [6.45, 7) is 6.25. The third kappa shape index (κ3) is 3.09. The zero-order valence-corrected chi connectivity index (χ0v) is 11.2. The van der Waals surface area contributed by atoms with E-state index < -0.39 is 0 Å². The molecule has 1 aromatic heterocycles. The molecule has 0 radical (unpaired) electrons. The van der Waals surface area contributed by atoms with E-state index in [4.69, 9.17) is 4.42 Å². The first-order valence-electron chi connectivity index (χ1n) is 5.70. The molecule has 0 spiro atoms. The normalized spacial score (nSPS) is 10.8. The first-order chi connectivity index (χ1) is 8.19. The van der Waals surface area contributed by atoms with Crippen LogP contribution in [0, 0.1) is 13.8 Å². The summed E-state index contributed by atoms with van der Waals surface area (Å²) < 4.78 is 5.47. The second-order valence-electron chi connectivity index (χ2n) is 3.98. The molecule has 0 bridgehead atoms. The fraction of sp³-hybridized carbons (Fsp3) is 0.385. The third-order valence-corrected chi connectivity index (χ3v) is 3.63. The van der Waals surface area contributed by atoms with Gasteiger partial charge in [-0.1, -0.05) is 13.0 Å². The lowest BCUT2D eigenvalue weighted by molar-refractivity contribution is 0.470. The Hall–Kier alpha value is -1.29. The van der Waals surface area contributed by atoms with Crippen LogP contribution < -0.4 is 0 Å². The van der Waals surface area contributed by atoms with Crippen molar-refractivity contribution < 1.29 is 4.42 Å². The van der Waals surface area contributed by atoms with Crippen molar-refractivity contribution in [3.8, 4) is 0 Å². The maximum atomic E-state index is 5.47. The van der Waals surface area contributed by atoms with Crippen LogP contribution in [-0.2, 0) is 12.2 Å². The Bertz CT molecular complexity index is 508. The Morgan fingerprint density at radius 2 is 1.88 bits per heavy atom. The molecule has 0 saturated heterocycles. The van der Waals surface area contributed by atoms with Crippen molar-refractivity contribution in [2.45, 2.75) is 37.8 Å². The molecular formula is C13H16N2OS.